The molecule has 1 aromatic carbocycles. The number of halogens is 2. The van der Waals surface area contributed by atoms with Gasteiger partial charge >= 0.3 is 0 Å². The number of nitrogens with zero attached hydrogens (tertiary/aromatic N) is 1. The van der Waals surface area contributed by atoms with Crippen molar-refractivity contribution in [3.05, 3.63) is 46.8 Å². The molecule has 76 valence electrons. The minimum Gasteiger partial charge on any atom is -0.384 e. The minimum atomic E-state index is -0.273. The van der Waals surface area contributed by atoms with Crippen molar-refractivity contribution in [2.24, 2.45) is 0 Å². The molecule has 0 saturated heterocycles. The summed E-state index contributed by atoms with van der Waals surface area (Å²) >= 11 is 3.33. The van der Waals surface area contributed by atoms with Gasteiger partial charge in [-0.25, -0.2) is 9.37 Å². The van der Waals surface area contributed by atoms with Crippen LogP contribution in [-0.2, 0) is 0 Å². The van der Waals surface area contributed by atoms with E-state index in [0.29, 0.717) is 16.9 Å². The maximum absolute atomic E-state index is 13.5. The van der Waals surface area contributed by atoms with Crippen LogP contribution in [0, 0.1) is 5.82 Å². The monoisotopic (exact) mass is 266 g/mol. The van der Waals surface area contributed by atoms with Gasteiger partial charge in [0, 0.05) is 21.8 Å². The van der Waals surface area contributed by atoms with Crippen LogP contribution in [0.4, 0.5) is 10.2 Å². The summed E-state index contributed by atoms with van der Waals surface area (Å²) in [6.07, 6.45) is 1.55. The van der Waals surface area contributed by atoms with Gasteiger partial charge in [0.15, 0.2) is 0 Å². The fraction of sp³-hybridized carbons (Fsp3) is 0. The third-order valence-corrected chi connectivity index (χ3v) is 2.69. The van der Waals surface area contributed by atoms with E-state index in [4.69, 9.17) is 5.73 Å². The van der Waals surface area contributed by atoms with Gasteiger partial charge in [0.1, 0.15) is 11.6 Å². The highest BCUT2D eigenvalue weighted by Crippen LogP contribution is 2.30. The number of aromatic nitrogens is 1. The van der Waals surface area contributed by atoms with Gasteiger partial charge in [0.05, 0.1) is 0 Å². The van der Waals surface area contributed by atoms with Crippen molar-refractivity contribution < 1.29 is 4.39 Å². The summed E-state index contributed by atoms with van der Waals surface area (Å²) in [5.41, 5.74) is 6.72. The molecule has 0 amide bonds. The zero-order chi connectivity index (χ0) is 10.8. The van der Waals surface area contributed by atoms with Gasteiger partial charge in [-0.1, -0.05) is 18.2 Å². The highest BCUT2D eigenvalue weighted by atomic mass is 79.9. The van der Waals surface area contributed by atoms with E-state index in [1.807, 2.05) is 0 Å². The summed E-state index contributed by atoms with van der Waals surface area (Å²) in [6.45, 7) is 0. The van der Waals surface area contributed by atoms with E-state index in [9.17, 15) is 4.39 Å². The van der Waals surface area contributed by atoms with Crippen LogP contribution in [0.5, 0.6) is 0 Å². The van der Waals surface area contributed by atoms with Crippen LogP contribution in [0.2, 0.25) is 0 Å². The summed E-state index contributed by atoms with van der Waals surface area (Å²) in [4.78, 5) is 3.94. The van der Waals surface area contributed by atoms with E-state index in [0.717, 1.165) is 4.47 Å². The SMILES string of the molecule is Nc1cc(Br)c(-c2ccccc2F)cn1. The normalized spacial score (nSPS) is 10.3. The van der Waals surface area contributed by atoms with Crippen molar-refractivity contribution in [2.75, 3.05) is 5.73 Å². The van der Waals surface area contributed by atoms with E-state index in [-0.39, 0.29) is 5.82 Å². The largest absolute Gasteiger partial charge is 0.384 e. The van der Waals surface area contributed by atoms with Crippen LogP contribution in [-0.4, -0.2) is 4.98 Å². The van der Waals surface area contributed by atoms with E-state index in [2.05, 4.69) is 20.9 Å². The van der Waals surface area contributed by atoms with Gasteiger partial charge in [-0.2, -0.15) is 0 Å². The molecule has 0 atom stereocenters. The molecule has 2 N–H and O–H groups in total. The van der Waals surface area contributed by atoms with E-state index in [1.165, 1.54) is 6.07 Å². The maximum atomic E-state index is 13.5. The van der Waals surface area contributed by atoms with Crippen LogP contribution in [0.25, 0.3) is 11.1 Å². The number of nitrogen functional groups attached to an aromatic ring is 1. The van der Waals surface area contributed by atoms with E-state index in [1.54, 1.807) is 30.5 Å². The Bertz CT molecular complexity index is 500. The second-order valence-electron chi connectivity index (χ2n) is 3.07. The standard InChI is InChI=1S/C11H8BrFN2/c12-9-5-11(14)15-6-8(9)7-3-1-2-4-10(7)13/h1-6H,(H2,14,15). The smallest absolute Gasteiger partial charge is 0.131 e. The summed E-state index contributed by atoms with van der Waals surface area (Å²) in [5, 5.41) is 0. The van der Waals surface area contributed by atoms with Crippen LogP contribution in [0.15, 0.2) is 41.0 Å². The van der Waals surface area contributed by atoms with Crippen molar-refractivity contribution in [3.63, 3.8) is 0 Å². The lowest BCUT2D eigenvalue weighted by molar-refractivity contribution is 0.631. The molecule has 4 heteroatoms. The van der Waals surface area contributed by atoms with Gasteiger partial charge in [0.25, 0.3) is 0 Å². The molecule has 0 unspecified atom stereocenters. The van der Waals surface area contributed by atoms with E-state index < -0.39 is 0 Å². The topological polar surface area (TPSA) is 38.9 Å². The first-order valence-electron chi connectivity index (χ1n) is 4.34. The zero-order valence-corrected chi connectivity index (χ0v) is 9.33. The number of hydrogen-bond acceptors (Lipinski definition) is 2. The molecule has 0 aliphatic rings. The summed E-state index contributed by atoms with van der Waals surface area (Å²) < 4.78 is 14.2. The Labute approximate surface area is 95.1 Å². The third kappa shape index (κ3) is 1.99. The predicted octanol–water partition coefficient (Wildman–Crippen LogP) is 3.23. The second kappa shape index (κ2) is 3.98. The first-order valence-corrected chi connectivity index (χ1v) is 5.13. The first-order chi connectivity index (χ1) is 7.18. The third-order valence-electron chi connectivity index (χ3n) is 2.04. The molecular weight excluding hydrogens is 259 g/mol. The van der Waals surface area contributed by atoms with Gasteiger partial charge in [0.2, 0.25) is 0 Å². The average molecular weight is 267 g/mol. The molecular formula is C11H8BrFN2. The van der Waals surface area contributed by atoms with Crippen molar-refractivity contribution in [3.8, 4) is 11.1 Å². The van der Waals surface area contributed by atoms with Crippen LogP contribution < -0.4 is 5.73 Å². The molecule has 0 fully saturated rings. The highest BCUT2D eigenvalue weighted by Gasteiger charge is 2.08. The summed E-state index contributed by atoms with van der Waals surface area (Å²) in [6, 6.07) is 8.20. The Morgan fingerprint density at radius 1 is 1.20 bits per heavy atom. The molecule has 0 bridgehead atoms. The second-order valence-corrected chi connectivity index (χ2v) is 3.92. The molecule has 0 aliphatic carbocycles. The molecule has 0 aliphatic heterocycles. The van der Waals surface area contributed by atoms with E-state index >= 15 is 0 Å². The Hall–Kier alpha value is -1.42. The molecule has 0 saturated carbocycles. The molecule has 1 heterocycles. The Morgan fingerprint density at radius 3 is 2.60 bits per heavy atom. The van der Waals surface area contributed by atoms with Gasteiger partial charge < -0.3 is 5.73 Å². The fourth-order valence-electron chi connectivity index (χ4n) is 1.32. The number of nitrogens with two attached hydrogens (primary N) is 1. The van der Waals surface area contributed by atoms with Gasteiger partial charge in [-0.15, -0.1) is 0 Å². The molecule has 0 spiro atoms. The number of pyridine rings is 1. The maximum Gasteiger partial charge on any atom is 0.131 e. The quantitative estimate of drug-likeness (QED) is 0.861. The van der Waals surface area contributed by atoms with Crippen molar-refractivity contribution >= 4 is 21.7 Å². The lowest BCUT2D eigenvalue weighted by Gasteiger charge is -2.05. The number of hydrogen-bond donors (Lipinski definition) is 1. The lowest BCUT2D eigenvalue weighted by Crippen LogP contribution is -1.92. The Morgan fingerprint density at radius 2 is 1.93 bits per heavy atom. The number of benzene rings is 1. The summed E-state index contributed by atoms with van der Waals surface area (Å²) in [7, 11) is 0. The lowest BCUT2D eigenvalue weighted by atomic mass is 10.1. The molecule has 0 radical (unpaired) electrons. The van der Waals surface area contributed by atoms with Gasteiger partial charge in [-0.3, -0.25) is 0 Å². The first kappa shape index (κ1) is 10.1. The van der Waals surface area contributed by atoms with Crippen molar-refractivity contribution in [1.82, 2.24) is 4.98 Å². The van der Waals surface area contributed by atoms with Crippen LogP contribution in [0.1, 0.15) is 0 Å². The Balaban J connectivity index is 2.60. The van der Waals surface area contributed by atoms with Crippen LogP contribution in [0.3, 0.4) is 0 Å². The molecule has 1 aromatic heterocycles. The average Bonchev–Trinajstić information content (AvgIpc) is 2.20. The predicted molar refractivity (Wildman–Crippen MR) is 61.7 cm³/mol. The molecule has 2 aromatic rings. The van der Waals surface area contributed by atoms with Crippen molar-refractivity contribution in [1.29, 1.82) is 0 Å². The minimum absolute atomic E-state index is 0.273. The highest BCUT2D eigenvalue weighted by molar-refractivity contribution is 9.10. The number of anilines is 1. The fourth-order valence-corrected chi connectivity index (χ4v) is 1.87. The van der Waals surface area contributed by atoms with Crippen molar-refractivity contribution in [2.45, 2.75) is 0 Å². The molecule has 2 rings (SSSR count). The Kier molecular flexibility index (Phi) is 2.68. The van der Waals surface area contributed by atoms with Gasteiger partial charge in [-0.05, 0) is 28.1 Å². The molecule has 2 nitrogen and oxygen atoms in total. The zero-order valence-electron chi connectivity index (χ0n) is 7.74. The number of rotatable bonds is 1. The summed E-state index contributed by atoms with van der Waals surface area (Å²) in [5.74, 6) is 0.131. The molecule has 15 heavy (non-hydrogen) atoms. The van der Waals surface area contributed by atoms with Crippen LogP contribution >= 0.6 is 15.9 Å².